The maximum atomic E-state index is 13.1. The molecule has 2 aromatic rings. The van der Waals surface area contributed by atoms with Crippen LogP contribution in [0.4, 0.5) is 11.4 Å². The molecule has 0 saturated carbocycles. The van der Waals surface area contributed by atoms with Crippen LogP contribution in [0.1, 0.15) is 25.0 Å². The van der Waals surface area contributed by atoms with Crippen LogP contribution in [0.3, 0.4) is 0 Å². The van der Waals surface area contributed by atoms with Crippen molar-refractivity contribution in [2.45, 2.75) is 25.7 Å². The van der Waals surface area contributed by atoms with Gasteiger partial charge in [0.2, 0.25) is 15.9 Å². The van der Waals surface area contributed by atoms with Gasteiger partial charge in [-0.05, 0) is 43.3 Å². The van der Waals surface area contributed by atoms with Crippen molar-refractivity contribution in [1.29, 1.82) is 0 Å². The van der Waals surface area contributed by atoms with E-state index in [9.17, 15) is 13.2 Å². The number of morpholine rings is 1. The molecule has 3 rings (SSSR count). The largest absolute Gasteiger partial charge is 0.496 e. The van der Waals surface area contributed by atoms with Crippen LogP contribution in [0.5, 0.6) is 5.75 Å². The lowest BCUT2D eigenvalue weighted by molar-refractivity contribution is -0.111. The standard InChI is InChI=1S/C25H33N3O5S/c1-5-28(6-2)34(30,31)21-9-10-23(27-13-15-33-16-14-27)22(18-21)26-25(29)12-8-20-17-19(3)7-11-24(20)32-4/h7-12,17-18H,5-6,13-16H2,1-4H3,(H,26,29)/b12-8+. The van der Waals surface area contributed by atoms with E-state index in [4.69, 9.17) is 9.47 Å². The Bertz CT molecular complexity index is 1140. The molecule has 2 aromatic carbocycles. The van der Waals surface area contributed by atoms with Gasteiger partial charge in [-0.2, -0.15) is 4.31 Å². The third-order valence-electron chi connectivity index (χ3n) is 5.72. The Morgan fingerprint density at radius 3 is 2.50 bits per heavy atom. The topological polar surface area (TPSA) is 88.2 Å². The van der Waals surface area contributed by atoms with Crippen molar-refractivity contribution < 1.29 is 22.7 Å². The van der Waals surface area contributed by atoms with Crippen molar-refractivity contribution in [1.82, 2.24) is 4.31 Å². The summed E-state index contributed by atoms with van der Waals surface area (Å²) in [5, 5.41) is 2.89. The van der Waals surface area contributed by atoms with Crippen LogP contribution in [0.25, 0.3) is 6.08 Å². The molecule has 0 bridgehead atoms. The van der Waals surface area contributed by atoms with Gasteiger partial charge in [0.25, 0.3) is 0 Å². The minimum absolute atomic E-state index is 0.146. The molecular weight excluding hydrogens is 454 g/mol. The van der Waals surface area contributed by atoms with Crippen LogP contribution in [-0.4, -0.2) is 65.1 Å². The SMILES string of the molecule is CCN(CC)S(=O)(=O)c1ccc(N2CCOCC2)c(NC(=O)/C=C/c2cc(C)ccc2OC)c1. The number of anilines is 2. The summed E-state index contributed by atoms with van der Waals surface area (Å²) in [6.07, 6.45) is 3.11. The minimum Gasteiger partial charge on any atom is -0.496 e. The zero-order chi connectivity index (χ0) is 24.7. The second kappa shape index (κ2) is 11.5. The summed E-state index contributed by atoms with van der Waals surface area (Å²) in [5.74, 6) is 0.298. The number of amides is 1. The number of hydrogen-bond donors (Lipinski definition) is 1. The molecule has 0 spiro atoms. The average molecular weight is 488 g/mol. The molecule has 8 nitrogen and oxygen atoms in total. The van der Waals surface area contributed by atoms with Gasteiger partial charge in [-0.3, -0.25) is 4.79 Å². The predicted octanol–water partition coefficient (Wildman–Crippen LogP) is 3.52. The Morgan fingerprint density at radius 2 is 1.85 bits per heavy atom. The van der Waals surface area contributed by atoms with Crippen LogP contribution in [-0.2, 0) is 19.6 Å². The number of rotatable bonds is 9. The van der Waals surface area contributed by atoms with Gasteiger partial charge in [-0.15, -0.1) is 0 Å². The number of nitrogens with one attached hydrogen (secondary N) is 1. The Kier molecular flexibility index (Phi) is 8.71. The number of aryl methyl sites for hydroxylation is 1. The first-order valence-electron chi connectivity index (χ1n) is 11.4. The van der Waals surface area contributed by atoms with Crippen LogP contribution in [0.15, 0.2) is 47.4 Å². The molecular formula is C25H33N3O5S. The van der Waals surface area contributed by atoms with Gasteiger partial charge in [-0.1, -0.05) is 25.5 Å². The fourth-order valence-electron chi connectivity index (χ4n) is 3.89. The lowest BCUT2D eigenvalue weighted by atomic mass is 10.1. The van der Waals surface area contributed by atoms with Crippen molar-refractivity contribution in [3.05, 3.63) is 53.6 Å². The van der Waals surface area contributed by atoms with Gasteiger partial charge >= 0.3 is 0 Å². The summed E-state index contributed by atoms with van der Waals surface area (Å²) >= 11 is 0. The van der Waals surface area contributed by atoms with E-state index in [1.807, 2.05) is 25.1 Å². The normalized spacial score (nSPS) is 14.6. The summed E-state index contributed by atoms with van der Waals surface area (Å²) in [6.45, 7) is 8.75. The van der Waals surface area contributed by atoms with E-state index < -0.39 is 10.0 Å². The van der Waals surface area contributed by atoms with E-state index in [1.54, 1.807) is 39.2 Å². The molecule has 1 aliphatic heterocycles. The van der Waals surface area contributed by atoms with Crippen LogP contribution in [0.2, 0.25) is 0 Å². The third-order valence-corrected chi connectivity index (χ3v) is 7.77. The van der Waals surface area contributed by atoms with E-state index in [0.717, 1.165) is 16.8 Å². The smallest absolute Gasteiger partial charge is 0.248 e. The molecule has 9 heteroatoms. The summed E-state index contributed by atoms with van der Waals surface area (Å²) in [4.78, 5) is 15.1. The highest BCUT2D eigenvalue weighted by Crippen LogP contribution is 2.31. The molecule has 184 valence electrons. The van der Waals surface area contributed by atoms with Gasteiger partial charge < -0.3 is 19.7 Å². The Morgan fingerprint density at radius 1 is 1.15 bits per heavy atom. The molecule has 0 aliphatic carbocycles. The van der Waals surface area contributed by atoms with Crippen LogP contribution >= 0.6 is 0 Å². The van der Waals surface area contributed by atoms with Gasteiger partial charge in [0, 0.05) is 37.8 Å². The number of nitrogens with zero attached hydrogens (tertiary/aromatic N) is 2. The number of hydrogen-bond acceptors (Lipinski definition) is 6. The zero-order valence-electron chi connectivity index (χ0n) is 20.2. The number of carbonyl (C=O) groups is 1. The van der Waals surface area contributed by atoms with Crippen molar-refractivity contribution in [3.63, 3.8) is 0 Å². The lowest BCUT2D eigenvalue weighted by Gasteiger charge is -2.31. The highest BCUT2D eigenvalue weighted by Gasteiger charge is 2.24. The molecule has 0 unspecified atom stereocenters. The van der Waals surface area contributed by atoms with Gasteiger partial charge in [-0.25, -0.2) is 8.42 Å². The fourth-order valence-corrected chi connectivity index (χ4v) is 5.38. The number of methoxy groups -OCH3 is 1. The summed E-state index contributed by atoms with van der Waals surface area (Å²) in [7, 11) is -2.09. The summed E-state index contributed by atoms with van der Waals surface area (Å²) in [5.41, 5.74) is 3.03. The zero-order valence-corrected chi connectivity index (χ0v) is 21.0. The van der Waals surface area contributed by atoms with Gasteiger partial charge in [0.15, 0.2) is 0 Å². The molecule has 1 aliphatic rings. The average Bonchev–Trinajstić information content (AvgIpc) is 2.84. The first kappa shape index (κ1) is 25.7. The van der Waals surface area contributed by atoms with E-state index >= 15 is 0 Å². The molecule has 1 saturated heterocycles. The van der Waals surface area contributed by atoms with Gasteiger partial charge in [0.05, 0.1) is 36.6 Å². The molecule has 34 heavy (non-hydrogen) atoms. The first-order chi connectivity index (χ1) is 16.3. The van der Waals surface area contributed by atoms with Crippen molar-refractivity contribution in [2.75, 3.05) is 56.7 Å². The molecule has 0 radical (unpaired) electrons. The van der Waals surface area contributed by atoms with E-state index in [2.05, 4.69) is 10.2 Å². The van der Waals surface area contributed by atoms with Gasteiger partial charge in [0.1, 0.15) is 5.75 Å². The molecule has 0 atom stereocenters. The summed E-state index contributed by atoms with van der Waals surface area (Å²) < 4.78 is 38.4. The third kappa shape index (κ3) is 5.97. The van der Waals surface area contributed by atoms with Crippen molar-refractivity contribution in [2.24, 2.45) is 0 Å². The van der Waals surface area contributed by atoms with Crippen LogP contribution < -0.4 is 15.0 Å². The van der Waals surface area contributed by atoms with E-state index in [0.29, 0.717) is 50.8 Å². The van der Waals surface area contributed by atoms with Crippen molar-refractivity contribution in [3.8, 4) is 5.75 Å². The monoisotopic (exact) mass is 487 g/mol. The second-order valence-corrected chi connectivity index (χ2v) is 9.87. The summed E-state index contributed by atoms with van der Waals surface area (Å²) in [6, 6.07) is 10.6. The maximum absolute atomic E-state index is 13.1. The fraction of sp³-hybridized carbons (Fsp3) is 0.400. The minimum atomic E-state index is -3.67. The van der Waals surface area contributed by atoms with Crippen molar-refractivity contribution >= 4 is 33.4 Å². The maximum Gasteiger partial charge on any atom is 0.248 e. The number of ether oxygens (including phenoxy) is 2. The highest BCUT2D eigenvalue weighted by atomic mass is 32.2. The number of sulfonamides is 1. The molecule has 1 N–H and O–H groups in total. The molecule has 1 amide bonds. The van der Waals surface area contributed by atoms with E-state index in [1.165, 1.54) is 16.4 Å². The first-order valence-corrected chi connectivity index (χ1v) is 12.8. The Labute approximate surface area is 202 Å². The van der Waals surface area contributed by atoms with E-state index in [-0.39, 0.29) is 10.8 Å². The highest BCUT2D eigenvalue weighted by molar-refractivity contribution is 7.89. The number of benzene rings is 2. The Balaban J connectivity index is 1.94. The predicted molar refractivity (Wildman–Crippen MR) is 135 cm³/mol. The lowest BCUT2D eigenvalue weighted by Crippen LogP contribution is -2.37. The molecule has 1 heterocycles. The second-order valence-electron chi connectivity index (χ2n) is 7.94. The number of carbonyl (C=O) groups excluding carboxylic acids is 1. The molecule has 1 fully saturated rings. The molecule has 0 aromatic heterocycles. The quantitative estimate of drug-likeness (QED) is 0.545. The Hall–Kier alpha value is -2.88. The van der Waals surface area contributed by atoms with Crippen LogP contribution in [0, 0.1) is 6.92 Å².